The fraction of sp³-hybridized carbons (Fsp3) is 0.0417. The molecule has 0 fully saturated rings. The molecule has 5 heteroatoms. The van der Waals surface area contributed by atoms with Gasteiger partial charge in [-0.05, 0) is 34.9 Å². The van der Waals surface area contributed by atoms with Gasteiger partial charge < -0.3 is 11.1 Å². The van der Waals surface area contributed by atoms with E-state index < -0.39 is 0 Å². The Morgan fingerprint density at radius 1 is 0.793 bits per heavy atom. The molecule has 0 aliphatic carbocycles. The monoisotopic (exact) mass is 380 g/mol. The smallest absolute Gasteiger partial charge is 0.251 e. The Balaban J connectivity index is 1.38. The molecular weight excluding hydrogens is 360 g/mol. The summed E-state index contributed by atoms with van der Waals surface area (Å²) < 4.78 is 0. The molecule has 0 unspecified atom stereocenters. The summed E-state index contributed by atoms with van der Waals surface area (Å²) in [5, 5.41) is 2.96. The van der Waals surface area contributed by atoms with Crippen molar-refractivity contribution in [2.45, 2.75) is 6.54 Å². The van der Waals surface area contributed by atoms with Crippen molar-refractivity contribution in [2.24, 2.45) is 0 Å². The summed E-state index contributed by atoms with van der Waals surface area (Å²) in [6.07, 6.45) is 1.61. The maximum absolute atomic E-state index is 12.5. The van der Waals surface area contributed by atoms with Gasteiger partial charge in [0.25, 0.3) is 5.91 Å². The van der Waals surface area contributed by atoms with Crippen LogP contribution in [-0.2, 0) is 6.54 Å². The highest BCUT2D eigenvalue weighted by molar-refractivity contribution is 5.94. The molecule has 1 aromatic heterocycles. The normalized spacial score (nSPS) is 10.5. The van der Waals surface area contributed by atoms with Crippen molar-refractivity contribution in [1.29, 1.82) is 0 Å². The maximum Gasteiger partial charge on any atom is 0.251 e. The number of rotatable bonds is 5. The van der Waals surface area contributed by atoms with Crippen LogP contribution in [0.2, 0.25) is 0 Å². The van der Waals surface area contributed by atoms with Crippen molar-refractivity contribution < 1.29 is 4.79 Å². The second-order valence-electron chi connectivity index (χ2n) is 6.62. The van der Waals surface area contributed by atoms with Gasteiger partial charge in [0.2, 0.25) is 5.95 Å². The van der Waals surface area contributed by atoms with Crippen LogP contribution in [0.1, 0.15) is 15.9 Å². The zero-order chi connectivity index (χ0) is 20.1. The number of nitrogen functional groups attached to an aromatic ring is 1. The molecule has 1 heterocycles. The van der Waals surface area contributed by atoms with Gasteiger partial charge in [-0.2, -0.15) is 0 Å². The molecule has 4 aromatic rings. The molecule has 142 valence electrons. The minimum absolute atomic E-state index is 0.120. The van der Waals surface area contributed by atoms with Crippen LogP contribution in [0.4, 0.5) is 5.95 Å². The van der Waals surface area contributed by atoms with Gasteiger partial charge in [-0.3, -0.25) is 4.79 Å². The van der Waals surface area contributed by atoms with Gasteiger partial charge in [-0.1, -0.05) is 66.7 Å². The summed E-state index contributed by atoms with van der Waals surface area (Å²) in [5.74, 6) is 0.105. The van der Waals surface area contributed by atoms with Crippen molar-refractivity contribution in [2.75, 3.05) is 5.73 Å². The molecule has 3 N–H and O–H groups in total. The summed E-state index contributed by atoms with van der Waals surface area (Å²) in [6, 6.07) is 27.5. The molecule has 1 amide bonds. The van der Waals surface area contributed by atoms with E-state index in [2.05, 4.69) is 39.6 Å². The molecule has 0 saturated heterocycles. The minimum atomic E-state index is -0.120. The first-order chi connectivity index (χ1) is 14.2. The maximum atomic E-state index is 12.5. The third kappa shape index (κ3) is 4.47. The zero-order valence-electron chi connectivity index (χ0n) is 15.7. The van der Waals surface area contributed by atoms with Gasteiger partial charge >= 0.3 is 0 Å². The van der Waals surface area contributed by atoms with Gasteiger partial charge in [-0.15, -0.1) is 0 Å². The molecule has 29 heavy (non-hydrogen) atoms. The summed E-state index contributed by atoms with van der Waals surface area (Å²) in [4.78, 5) is 20.5. The Morgan fingerprint density at radius 3 is 2.14 bits per heavy atom. The number of anilines is 1. The van der Waals surface area contributed by atoms with E-state index in [-0.39, 0.29) is 11.9 Å². The summed E-state index contributed by atoms with van der Waals surface area (Å²) in [5.41, 5.74) is 11.2. The van der Waals surface area contributed by atoms with Gasteiger partial charge in [0.05, 0.1) is 5.69 Å². The van der Waals surface area contributed by atoms with E-state index in [0.717, 1.165) is 22.4 Å². The molecule has 4 rings (SSSR count). The third-order valence-electron chi connectivity index (χ3n) is 4.63. The average molecular weight is 380 g/mol. The first kappa shape index (κ1) is 18.4. The third-order valence-corrected chi connectivity index (χ3v) is 4.63. The van der Waals surface area contributed by atoms with Crippen LogP contribution < -0.4 is 11.1 Å². The van der Waals surface area contributed by atoms with E-state index in [1.165, 1.54) is 5.56 Å². The van der Waals surface area contributed by atoms with Gasteiger partial charge in [-0.25, -0.2) is 9.97 Å². The number of hydrogen-bond donors (Lipinski definition) is 2. The highest BCUT2D eigenvalue weighted by Gasteiger charge is 2.07. The van der Waals surface area contributed by atoms with Crippen molar-refractivity contribution in [1.82, 2.24) is 15.3 Å². The van der Waals surface area contributed by atoms with Crippen LogP contribution in [0.5, 0.6) is 0 Å². The average Bonchev–Trinajstić information content (AvgIpc) is 2.78. The summed E-state index contributed by atoms with van der Waals surface area (Å²) >= 11 is 0. The number of nitrogens with one attached hydrogen (secondary N) is 1. The predicted molar refractivity (Wildman–Crippen MR) is 115 cm³/mol. The van der Waals surface area contributed by atoms with Gasteiger partial charge in [0, 0.05) is 23.9 Å². The number of nitrogens with two attached hydrogens (primary N) is 1. The number of amides is 1. The van der Waals surface area contributed by atoms with E-state index >= 15 is 0 Å². The minimum Gasteiger partial charge on any atom is -0.368 e. The topological polar surface area (TPSA) is 80.9 Å². The van der Waals surface area contributed by atoms with Crippen LogP contribution in [0.3, 0.4) is 0 Å². The van der Waals surface area contributed by atoms with Gasteiger partial charge in [0.15, 0.2) is 0 Å². The Bertz CT molecular complexity index is 1110. The molecule has 0 spiro atoms. The molecule has 0 aliphatic heterocycles. The second kappa shape index (κ2) is 8.35. The number of aromatic nitrogens is 2. The Labute approximate surface area is 169 Å². The van der Waals surface area contributed by atoms with E-state index in [4.69, 9.17) is 5.73 Å². The van der Waals surface area contributed by atoms with E-state index in [9.17, 15) is 4.79 Å². The Morgan fingerprint density at radius 2 is 1.45 bits per heavy atom. The van der Waals surface area contributed by atoms with Crippen molar-refractivity contribution >= 4 is 11.9 Å². The number of benzene rings is 3. The lowest BCUT2D eigenvalue weighted by Gasteiger charge is -2.08. The largest absolute Gasteiger partial charge is 0.368 e. The van der Waals surface area contributed by atoms with Crippen molar-refractivity contribution in [3.63, 3.8) is 0 Å². The highest BCUT2D eigenvalue weighted by Crippen LogP contribution is 2.20. The van der Waals surface area contributed by atoms with Gasteiger partial charge in [0.1, 0.15) is 0 Å². The number of carbonyl (C=O) groups excluding carboxylic acids is 1. The molecule has 0 atom stereocenters. The first-order valence-electron chi connectivity index (χ1n) is 9.30. The molecule has 0 bridgehead atoms. The SMILES string of the molecule is Nc1nccc(-c2ccc(C(=O)NCc3ccc(-c4ccccc4)cc3)cc2)n1. The molecule has 3 aromatic carbocycles. The van der Waals surface area contributed by atoms with E-state index in [0.29, 0.717) is 12.1 Å². The lowest BCUT2D eigenvalue weighted by molar-refractivity contribution is 0.0951. The van der Waals surface area contributed by atoms with Crippen LogP contribution in [0.25, 0.3) is 22.4 Å². The quantitative estimate of drug-likeness (QED) is 0.540. The standard InChI is InChI=1S/C24H20N4O/c25-24-26-15-14-22(28-24)20-10-12-21(13-11-20)23(29)27-16-17-6-8-19(9-7-17)18-4-2-1-3-5-18/h1-15H,16H2,(H,27,29)(H2,25,26,28). The molecular formula is C24H20N4O. The Kier molecular flexibility index (Phi) is 5.29. The fourth-order valence-corrected chi connectivity index (χ4v) is 3.06. The number of nitrogens with zero attached hydrogens (tertiary/aromatic N) is 2. The first-order valence-corrected chi connectivity index (χ1v) is 9.30. The summed E-state index contributed by atoms with van der Waals surface area (Å²) in [7, 11) is 0. The second-order valence-corrected chi connectivity index (χ2v) is 6.62. The van der Waals surface area contributed by atoms with E-state index in [1.807, 2.05) is 42.5 Å². The number of carbonyl (C=O) groups is 1. The highest BCUT2D eigenvalue weighted by atomic mass is 16.1. The number of hydrogen-bond acceptors (Lipinski definition) is 4. The van der Waals surface area contributed by atoms with E-state index in [1.54, 1.807) is 24.4 Å². The molecule has 0 saturated carbocycles. The molecule has 0 radical (unpaired) electrons. The lowest BCUT2D eigenvalue weighted by atomic mass is 10.0. The zero-order valence-corrected chi connectivity index (χ0v) is 15.7. The van der Waals surface area contributed by atoms with Crippen LogP contribution in [0, 0.1) is 0 Å². The van der Waals surface area contributed by atoms with Crippen molar-refractivity contribution in [3.05, 3.63) is 102 Å². The fourth-order valence-electron chi connectivity index (χ4n) is 3.06. The summed E-state index contributed by atoms with van der Waals surface area (Å²) in [6.45, 7) is 0.470. The Hall–Kier alpha value is -3.99. The van der Waals surface area contributed by atoms with Crippen molar-refractivity contribution in [3.8, 4) is 22.4 Å². The predicted octanol–water partition coefficient (Wildman–Crippen LogP) is 4.32. The molecule has 5 nitrogen and oxygen atoms in total. The lowest BCUT2D eigenvalue weighted by Crippen LogP contribution is -2.22. The van der Waals surface area contributed by atoms with Crippen LogP contribution in [-0.4, -0.2) is 15.9 Å². The molecule has 0 aliphatic rings. The van der Waals surface area contributed by atoms with Crippen LogP contribution >= 0.6 is 0 Å². The van der Waals surface area contributed by atoms with Crippen LogP contribution in [0.15, 0.2) is 91.1 Å².